The first kappa shape index (κ1) is 12.3. The molecule has 0 unspecified atom stereocenters. The summed E-state index contributed by atoms with van der Waals surface area (Å²) >= 11 is 1.59. The van der Waals surface area contributed by atoms with E-state index in [1.807, 2.05) is 0 Å². The van der Waals surface area contributed by atoms with Crippen LogP contribution in [0.25, 0.3) is 0 Å². The summed E-state index contributed by atoms with van der Waals surface area (Å²) < 4.78 is 11.3. The van der Waals surface area contributed by atoms with Gasteiger partial charge in [0.1, 0.15) is 6.54 Å². The molecule has 1 aliphatic rings. The smallest absolute Gasteiger partial charge is 0.327 e. The zero-order chi connectivity index (χ0) is 12.1. The van der Waals surface area contributed by atoms with Crippen LogP contribution in [0.2, 0.25) is 0 Å². The number of hydrogen-bond donors (Lipinski definition) is 0. The molecule has 1 aliphatic heterocycles. The highest BCUT2D eigenvalue weighted by atomic mass is 32.2. The molecule has 8 heteroatoms. The maximum atomic E-state index is 11.2. The standard InChI is InChI=1S/C9H14N4O3S/c1-15-8(14)6-13-9(10-11-12-13)17-7-2-4-16-5-3-7/h7H,2-6H2,1H3. The van der Waals surface area contributed by atoms with Gasteiger partial charge in [-0.25, -0.2) is 4.68 Å². The van der Waals surface area contributed by atoms with Gasteiger partial charge in [-0.15, -0.1) is 5.10 Å². The highest BCUT2D eigenvalue weighted by Gasteiger charge is 2.19. The maximum absolute atomic E-state index is 11.2. The van der Waals surface area contributed by atoms with Crippen LogP contribution in [0, 0.1) is 0 Å². The number of hydrogen-bond acceptors (Lipinski definition) is 7. The lowest BCUT2D eigenvalue weighted by Gasteiger charge is -2.20. The van der Waals surface area contributed by atoms with E-state index >= 15 is 0 Å². The molecule has 0 amide bonds. The molecule has 2 rings (SSSR count). The highest BCUT2D eigenvalue weighted by molar-refractivity contribution is 7.99. The van der Waals surface area contributed by atoms with Gasteiger partial charge < -0.3 is 9.47 Å². The summed E-state index contributed by atoms with van der Waals surface area (Å²) in [7, 11) is 1.35. The van der Waals surface area contributed by atoms with Gasteiger partial charge in [-0.2, -0.15) is 0 Å². The van der Waals surface area contributed by atoms with E-state index in [4.69, 9.17) is 4.74 Å². The number of nitrogens with zero attached hydrogens (tertiary/aromatic N) is 4. The Morgan fingerprint density at radius 3 is 3.06 bits per heavy atom. The van der Waals surface area contributed by atoms with E-state index in [9.17, 15) is 4.79 Å². The minimum atomic E-state index is -0.355. The molecule has 0 aromatic carbocycles. The molecular weight excluding hydrogens is 244 g/mol. The number of esters is 1. The number of thioether (sulfide) groups is 1. The largest absolute Gasteiger partial charge is 0.468 e. The van der Waals surface area contributed by atoms with Gasteiger partial charge in [-0.05, 0) is 23.3 Å². The first-order chi connectivity index (χ1) is 8.29. The topological polar surface area (TPSA) is 79.1 Å². The van der Waals surface area contributed by atoms with Gasteiger partial charge in [0.25, 0.3) is 0 Å². The number of tetrazole rings is 1. The van der Waals surface area contributed by atoms with E-state index < -0.39 is 0 Å². The summed E-state index contributed by atoms with van der Waals surface area (Å²) in [4.78, 5) is 11.2. The Bertz CT molecular complexity index is 378. The Hall–Kier alpha value is -1.15. The zero-order valence-corrected chi connectivity index (χ0v) is 10.4. The van der Waals surface area contributed by atoms with Crippen LogP contribution < -0.4 is 0 Å². The third-order valence-electron chi connectivity index (χ3n) is 2.45. The molecule has 0 spiro atoms. The molecule has 1 aromatic rings. The SMILES string of the molecule is COC(=O)Cn1nnnc1SC1CCOCC1. The summed E-state index contributed by atoms with van der Waals surface area (Å²) in [5.74, 6) is -0.355. The van der Waals surface area contributed by atoms with Crippen molar-refractivity contribution in [1.29, 1.82) is 0 Å². The first-order valence-electron chi connectivity index (χ1n) is 5.37. The van der Waals surface area contributed by atoms with Gasteiger partial charge in [0.05, 0.1) is 7.11 Å². The minimum absolute atomic E-state index is 0.0506. The molecule has 94 valence electrons. The molecule has 1 saturated heterocycles. The minimum Gasteiger partial charge on any atom is -0.468 e. The molecule has 0 N–H and O–H groups in total. The monoisotopic (exact) mass is 258 g/mol. The molecule has 0 saturated carbocycles. The van der Waals surface area contributed by atoms with Crippen LogP contribution in [-0.4, -0.2) is 51.8 Å². The Labute approximate surface area is 103 Å². The van der Waals surface area contributed by atoms with Crippen molar-refractivity contribution in [2.45, 2.75) is 29.8 Å². The molecule has 0 bridgehead atoms. The number of rotatable bonds is 4. The lowest BCUT2D eigenvalue weighted by atomic mass is 10.2. The molecule has 1 fully saturated rings. The Morgan fingerprint density at radius 2 is 2.35 bits per heavy atom. The summed E-state index contributed by atoms with van der Waals surface area (Å²) in [5.41, 5.74) is 0. The van der Waals surface area contributed by atoms with E-state index in [1.165, 1.54) is 11.8 Å². The van der Waals surface area contributed by atoms with Gasteiger partial charge in [-0.1, -0.05) is 11.8 Å². The molecular formula is C9H14N4O3S. The molecule has 1 aromatic heterocycles. The summed E-state index contributed by atoms with van der Waals surface area (Å²) in [6, 6.07) is 0. The Balaban J connectivity index is 1.95. The molecule has 0 aliphatic carbocycles. The summed E-state index contributed by atoms with van der Waals surface area (Å²) in [6.45, 7) is 1.60. The second kappa shape index (κ2) is 5.97. The fourth-order valence-corrected chi connectivity index (χ4v) is 2.54. The number of methoxy groups -OCH3 is 1. The average molecular weight is 258 g/mol. The number of carbonyl (C=O) groups is 1. The summed E-state index contributed by atoms with van der Waals surface area (Å²) in [6.07, 6.45) is 1.96. The van der Waals surface area contributed by atoms with E-state index in [0.717, 1.165) is 26.1 Å². The lowest BCUT2D eigenvalue weighted by Crippen LogP contribution is -2.19. The van der Waals surface area contributed by atoms with Crippen LogP contribution in [0.3, 0.4) is 0 Å². The number of aromatic nitrogens is 4. The molecule has 2 heterocycles. The lowest BCUT2D eigenvalue weighted by molar-refractivity contribution is -0.141. The van der Waals surface area contributed by atoms with Crippen LogP contribution in [0.4, 0.5) is 0 Å². The first-order valence-corrected chi connectivity index (χ1v) is 6.25. The van der Waals surface area contributed by atoms with Gasteiger partial charge in [0, 0.05) is 18.5 Å². The Kier molecular flexibility index (Phi) is 4.32. The highest BCUT2D eigenvalue weighted by Crippen LogP contribution is 2.27. The number of carbonyl (C=O) groups excluding carboxylic acids is 1. The normalized spacial score (nSPS) is 17.0. The van der Waals surface area contributed by atoms with E-state index in [-0.39, 0.29) is 12.5 Å². The van der Waals surface area contributed by atoms with Gasteiger partial charge in [0.15, 0.2) is 0 Å². The second-order valence-electron chi connectivity index (χ2n) is 3.62. The zero-order valence-electron chi connectivity index (χ0n) is 9.53. The second-order valence-corrected chi connectivity index (χ2v) is 4.89. The van der Waals surface area contributed by atoms with Crippen molar-refractivity contribution in [1.82, 2.24) is 20.2 Å². The quantitative estimate of drug-likeness (QED) is 0.709. The van der Waals surface area contributed by atoms with Crippen LogP contribution >= 0.6 is 11.8 Å². The predicted octanol–water partition coefficient (Wildman–Crippen LogP) is 0.117. The van der Waals surface area contributed by atoms with Crippen molar-refractivity contribution in [2.24, 2.45) is 0 Å². The average Bonchev–Trinajstić information content (AvgIpc) is 2.78. The van der Waals surface area contributed by atoms with Crippen LogP contribution in [0.15, 0.2) is 5.16 Å². The Morgan fingerprint density at radius 1 is 1.59 bits per heavy atom. The van der Waals surface area contributed by atoms with Crippen molar-refractivity contribution in [3.63, 3.8) is 0 Å². The third-order valence-corrected chi connectivity index (χ3v) is 3.75. The van der Waals surface area contributed by atoms with Crippen molar-refractivity contribution >= 4 is 17.7 Å². The van der Waals surface area contributed by atoms with Crippen LogP contribution in [0.5, 0.6) is 0 Å². The van der Waals surface area contributed by atoms with E-state index in [1.54, 1.807) is 11.8 Å². The third kappa shape index (κ3) is 3.40. The number of ether oxygens (including phenoxy) is 2. The van der Waals surface area contributed by atoms with Gasteiger partial charge in [-0.3, -0.25) is 4.79 Å². The van der Waals surface area contributed by atoms with Crippen LogP contribution in [0.1, 0.15) is 12.8 Å². The van der Waals surface area contributed by atoms with Crippen molar-refractivity contribution in [3.8, 4) is 0 Å². The molecule has 0 atom stereocenters. The van der Waals surface area contributed by atoms with Crippen LogP contribution in [-0.2, 0) is 20.8 Å². The van der Waals surface area contributed by atoms with Crippen molar-refractivity contribution in [3.05, 3.63) is 0 Å². The molecule has 17 heavy (non-hydrogen) atoms. The van der Waals surface area contributed by atoms with Gasteiger partial charge in [0.2, 0.25) is 5.16 Å². The fourth-order valence-electron chi connectivity index (χ4n) is 1.51. The maximum Gasteiger partial charge on any atom is 0.327 e. The van der Waals surface area contributed by atoms with Crippen molar-refractivity contribution in [2.75, 3.05) is 20.3 Å². The van der Waals surface area contributed by atoms with Gasteiger partial charge >= 0.3 is 5.97 Å². The molecule has 0 radical (unpaired) electrons. The van der Waals surface area contributed by atoms with E-state index in [2.05, 4.69) is 20.3 Å². The fraction of sp³-hybridized carbons (Fsp3) is 0.778. The predicted molar refractivity (Wildman–Crippen MR) is 59.5 cm³/mol. The summed E-state index contributed by atoms with van der Waals surface area (Å²) in [5, 5.41) is 12.4. The van der Waals surface area contributed by atoms with Crippen molar-refractivity contribution < 1.29 is 14.3 Å². The molecule has 7 nitrogen and oxygen atoms in total. The van der Waals surface area contributed by atoms with E-state index in [0.29, 0.717) is 10.4 Å².